The number of thiol groups is 1. The van der Waals surface area contributed by atoms with Crippen molar-refractivity contribution in [1.29, 1.82) is 0 Å². The zero-order valence-electron chi connectivity index (χ0n) is 7.49. The van der Waals surface area contributed by atoms with Crippen LogP contribution < -0.4 is 0 Å². The van der Waals surface area contributed by atoms with E-state index in [1.54, 1.807) is 0 Å². The summed E-state index contributed by atoms with van der Waals surface area (Å²) < 4.78 is 5.41. The summed E-state index contributed by atoms with van der Waals surface area (Å²) in [7, 11) is 0. The second-order valence-corrected chi connectivity index (χ2v) is 4.45. The molecule has 0 radical (unpaired) electrons. The Labute approximate surface area is 83.1 Å². The largest absolute Gasteiger partial charge is 0.361 e. The fourth-order valence-corrected chi connectivity index (χ4v) is 3.13. The van der Waals surface area contributed by atoms with Crippen LogP contribution in [0.1, 0.15) is 42.2 Å². The van der Waals surface area contributed by atoms with Gasteiger partial charge >= 0.3 is 0 Å². The van der Waals surface area contributed by atoms with E-state index >= 15 is 0 Å². The van der Waals surface area contributed by atoms with Gasteiger partial charge in [-0.1, -0.05) is 11.6 Å². The summed E-state index contributed by atoms with van der Waals surface area (Å²) in [5.41, 5.74) is 2.46. The molecule has 1 heterocycles. The molecule has 0 aliphatic heterocycles. The minimum Gasteiger partial charge on any atom is -0.361 e. The molecule has 2 aliphatic rings. The first kappa shape index (κ1) is 7.92. The Hall–Kier alpha value is -0.440. The highest BCUT2D eigenvalue weighted by Crippen LogP contribution is 2.49. The smallest absolute Gasteiger partial charge is 0.143 e. The van der Waals surface area contributed by atoms with Crippen molar-refractivity contribution in [3.05, 3.63) is 17.0 Å². The maximum Gasteiger partial charge on any atom is 0.143 e. The lowest BCUT2D eigenvalue weighted by molar-refractivity contribution is 0.344. The van der Waals surface area contributed by atoms with Crippen molar-refractivity contribution in [3.8, 4) is 0 Å². The van der Waals surface area contributed by atoms with E-state index in [-0.39, 0.29) is 0 Å². The first-order valence-electron chi connectivity index (χ1n) is 4.98. The average molecular weight is 195 g/mol. The SMILES string of the molecule is SCc1noc2c1CC1CCCC21. The van der Waals surface area contributed by atoms with E-state index in [0.29, 0.717) is 5.92 Å². The lowest BCUT2D eigenvalue weighted by Crippen LogP contribution is -1.99. The highest BCUT2D eigenvalue weighted by molar-refractivity contribution is 7.79. The van der Waals surface area contributed by atoms with E-state index < -0.39 is 0 Å². The minimum atomic E-state index is 0.691. The summed E-state index contributed by atoms with van der Waals surface area (Å²) in [6.07, 6.45) is 5.24. The summed E-state index contributed by atoms with van der Waals surface area (Å²) in [6, 6.07) is 0. The molecule has 1 fully saturated rings. The van der Waals surface area contributed by atoms with Crippen LogP contribution in [0, 0.1) is 5.92 Å². The van der Waals surface area contributed by atoms with Gasteiger partial charge in [0, 0.05) is 17.2 Å². The normalized spacial score (nSPS) is 30.5. The van der Waals surface area contributed by atoms with Crippen molar-refractivity contribution in [2.24, 2.45) is 5.92 Å². The number of hydrogen-bond donors (Lipinski definition) is 1. The molecule has 2 unspecified atom stereocenters. The molecule has 2 aliphatic carbocycles. The van der Waals surface area contributed by atoms with Crippen LogP contribution in [0.5, 0.6) is 0 Å². The number of fused-ring (bicyclic) bond motifs is 3. The van der Waals surface area contributed by atoms with Gasteiger partial charge in [0.1, 0.15) is 5.76 Å². The van der Waals surface area contributed by atoms with Gasteiger partial charge in [0.2, 0.25) is 0 Å². The van der Waals surface area contributed by atoms with Crippen molar-refractivity contribution < 1.29 is 4.52 Å². The highest BCUT2D eigenvalue weighted by atomic mass is 32.1. The third-order valence-corrected chi connectivity index (χ3v) is 3.81. The molecule has 0 saturated heterocycles. The monoisotopic (exact) mass is 195 g/mol. The molecule has 13 heavy (non-hydrogen) atoms. The second-order valence-electron chi connectivity index (χ2n) is 4.13. The number of rotatable bonds is 1. The molecule has 2 nitrogen and oxygen atoms in total. The van der Waals surface area contributed by atoms with Crippen LogP contribution in [0.3, 0.4) is 0 Å². The molecule has 0 aromatic carbocycles. The van der Waals surface area contributed by atoms with Crippen LogP contribution in [-0.4, -0.2) is 5.16 Å². The van der Waals surface area contributed by atoms with Crippen molar-refractivity contribution in [2.45, 2.75) is 37.4 Å². The highest BCUT2D eigenvalue weighted by Gasteiger charge is 2.40. The van der Waals surface area contributed by atoms with E-state index in [0.717, 1.165) is 17.4 Å². The Kier molecular flexibility index (Phi) is 1.69. The van der Waals surface area contributed by atoms with Crippen molar-refractivity contribution >= 4 is 12.6 Å². The molecular formula is C10H13NOS. The van der Waals surface area contributed by atoms with Gasteiger partial charge in [-0.25, -0.2) is 0 Å². The molecule has 3 heteroatoms. The van der Waals surface area contributed by atoms with Crippen LogP contribution >= 0.6 is 12.6 Å². The van der Waals surface area contributed by atoms with Gasteiger partial charge in [0.15, 0.2) is 0 Å². The first-order valence-corrected chi connectivity index (χ1v) is 5.61. The van der Waals surface area contributed by atoms with Crippen LogP contribution in [0.25, 0.3) is 0 Å². The summed E-state index contributed by atoms with van der Waals surface area (Å²) in [4.78, 5) is 0. The molecular weight excluding hydrogens is 182 g/mol. The standard InChI is InChI=1S/C10H13NOS/c13-5-9-8-4-6-2-1-3-7(6)10(8)12-11-9/h6-7,13H,1-5H2. The second kappa shape index (κ2) is 2.77. The van der Waals surface area contributed by atoms with E-state index in [2.05, 4.69) is 17.8 Å². The molecule has 0 N–H and O–H groups in total. The fourth-order valence-electron chi connectivity index (χ4n) is 2.88. The van der Waals surface area contributed by atoms with Gasteiger partial charge in [-0.3, -0.25) is 0 Å². The van der Waals surface area contributed by atoms with Crippen molar-refractivity contribution in [3.63, 3.8) is 0 Å². The molecule has 3 rings (SSSR count). The lowest BCUT2D eigenvalue weighted by Gasteiger charge is -2.05. The number of aromatic nitrogens is 1. The quantitative estimate of drug-likeness (QED) is 0.697. The van der Waals surface area contributed by atoms with Crippen LogP contribution in [0.2, 0.25) is 0 Å². The van der Waals surface area contributed by atoms with Gasteiger partial charge in [-0.05, 0) is 25.2 Å². The van der Waals surface area contributed by atoms with Gasteiger partial charge < -0.3 is 4.52 Å². The first-order chi connectivity index (χ1) is 6.40. The zero-order valence-corrected chi connectivity index (χ0v) is 8.39. The van der Waals surface area contributed by atoms with Gasteiger partial charge in [-0.15, -0.1) is 0 Å². The summed E-state index contributed by atoms with van der Waals surface area (Å²) >= 11 is 4.26. The lowest BCUT2D eigenvalue weighted by atomic mass is 10.00. The van der Waals surface area contributed by atoms with E-state index in [9.17, 15) is 0 Å². The van der Waals surface area contributed by atoms with Gasteiger partial charge in [-0.2, -0.15) is 12.6 Å². The Morgan fingerprint density at radius 3 is 3.23 bits per heavy atom. The Morgan fingerprint density at radius 2 is 2.38 bits per heavy atom. The average Bonchev–Trinajstić information content (AvgIpc) is 2.72. The Morgan fingerprint density at radius 1 is 1.46 bits per heavy atom. The maximum absolute atomic E-state index is 5.41. The predicted octanol–water partition coefficient (Wildman–Crippen LogP) is 2.54. The molecule has 0 bridgehead atoms. The molecule has 1 aromatic rings. The number of hydrogen-bond acceptors (Lipinski definition) is 3. The fraction of sp³-hybridized carbons (Fsp3) is 0.700. The van der Waals surface area contributed by atoms with Crippen molar-refractivity contribution in [2.75, 3.05) is 0 Å². The molecule has 0 spiro atoms. The predicted molar refractivity (Wildman–Crippen MR) is 53.0 cm³/mol. The summed E-state index contributed by atoms with van der Waals surface area (Å²) in [5, 5.41) is 4.07. The van der Waals surface area contributed by atoms with Gasteiger partial charge in [0.25, 0.3) is 0 Å². The molecule has 1 aromatic heterocycles. The topological polar surface area (TPSA) is 26.0 Å². The minimum absolute atomic E-state index is 0.691. The maximum atomic E-state index is 5.41. The zero-order chi connectivity index (χ0) is 8.84. The molecule has 0 amide bonds. The Bertz CT molecular complexity index is 334. The van der Waals surface area contributed by atoms with E-state index in [1.165, 1.54) is 37.0 Å². The third-order valence-electron chi connectivity index (χ3n) is 3.51. The molecule has 1 saturated carbocycles. The Balaban J connectivity index is 2.03. The number of nitrogens with zero attached hydrogens (tertiary/aromatic N) is 1. The summed E-state index contributed by atoms with van der Waals surface area (Å²) in [6.45, 7) is 0. The van der Waals surface area contributed by atoms with Crippen LogP contribution in [0.4, 0.5) is 0 Å². The van der Waals surface area contributed by atoms with Crippen LogP contribution in [-0.2, 0) is 12.2 Å². The van der Waals surface area contributed by atoms with E-state index in [4.69, 9.17) is 4.52 Å². The van der Waals surface area contributed by atoms with Gasteiger partial charge in [0.05, 0.1) is 5.69 Å². The molecule has 70 valence electrons. The van der Waals surface area contributed by atoms with E-state index in [1.807, 2.05) is 0 Å². The summed E-state index contributed by atoms with van der Waals surface area (Å²) in [5.74, 6) is 3.45. The van der Waals surface area contributed by atoms with Crippen LogP contribution in [0.15, 0.2) is 4.52 Å². The third kappa shape index (κ3) is 0.997. The van der Waals surface area contributed by atoms with Crippen molar-refractivity contribution in [1.82, 2.24) is 5.16 Å². The molecule has 2 atom stereocenters.